The molecular weight excluding hydrogens is 637 g/mol. The van der Waals surface area contributed by atoms with E-state index in [9.17, 15) is 17.6 Å². The van der Waals surface area contributed by atoms with E-state index < -0.39 is 10.0 Å². The first-order valence-corrected chi connectivity index (χ1v) is 18.8. The number of halogens is 2. The number of carbonyl (C=O) groups is 1. The van der Waals surface area contributed by atoms with Crippen LogP contribution in [0.5, 0.6) is 0 Å². The van der Waals surface area contributed by atoms with E-state index in [-0.39, 0.29) is 33.4 Å². The van der Waals surface area contributed by atoms with Crippen molar-refractivity contribution in [3.8, 4) is 0 Å². The van der Waals surface area contributed by atoms with Crippen LogP contribution in [0.3, 0.4) is 0 Å². The summed E-state index contributed by atoms with van der Waals surface area (Å²) in [5.74, 6) is 0.601. The SMILES string of the molecule is Cc1nc2ccccc2n1[C@H]1C[C@H]2CC[C@@H](C1)N2CCC1(c2cccc(F)c2)CCN(C(=O)c2cccc(NS(C)(=O)=O)c2Cl)CC1. The third kappa shape index (κ3) is 6.27. The van der Waals surface area contributed by atoms with Crippen molar-refractivity contribution in [1.82, 2.24) is 19.4 Å². The normalized spacial score (nSPS) is 22.9. The molecule has 0 radical (unpaired) electrons. The Kier molecular flexibility index (Phi) is 8.55. The van der Waals surface area contributed by atoms with Crippen LogP contribution in [0, 0.1) is 12.7 Å². The summed E-state index contributed by atoms with van der Waals surface area (Å²) in [6.45, 7) is 4.04. The van der Waals surface area contributed by atoms with Gasteiger partial charge in [-0.25, -0.2) is 17.8 Å². The first-order chi connectivity index (χ1) is 22.5. The molecule has 4 heterocycles. The number of para-hydroxylation sites is 2. The monoisotopic (exact) mass is 677 g/mol. The molecule has 3 saturated heterocycles. The molecular formula is C36H41ClFN5O3S. The number of aromatic nitrogens is 2. The Morgan fingerprint density at radius 2 is 1.70 bits per heavy atom. The van der Waals surface area contributed by atoms with E-state index in [0.29, 0.717) is 44.1 Å². The first-order valence-electron chi connectivity index (χ1n) is 16.5. The molecule has 3 atom stereocenters. The van der Waals surface area contributed by atoms with E-state index >= 15 is 0 Å². The van der Waals surface area contributed by atoms with E-state index in [2.05, 4.69) is 39.3 Å². The summed E-state index contributed by atoms with van der Waals surface area (Å²) in [4.78, 5) is 23.0. The second-order valence-electron chi connectivity index (χ2n) is 13.6. The smallest absolute Gasteiger partial charge is 0.255 e. The second-order valence-corrected chi connectivity index (χ2v) is 15.8. The van der Waals surface area contributed by atoms with Crippen molar-refractivity contribution in [3.05, 3.63) is 94.5 Å². The van der Waals surface area contributed by atoms with Crippen molar-refractivity contribution in [2.24, 2.45) is 0 Å². The fraction of sp³-hybridized carbons (Fsp3) is 0.444. The molecule has 1 N–H and O–H groups in total. The van der Waals surface area contributed by atoms with Gasteiger partial charge in [-0.15, -0.1) is 0 Å². The van der Waals surface area contributed by atoms with Crippen molar-refractivity contribution >= 4 is 44.3 Å². The van der Waals surface area contributed by atoms with Gasteiger partial charge in [-0.05, 0) is 106 Å². The summed E-state index contributed by atoms with van der Waals surface area (Å²) >= 11 is 6.52. The zero-order valence-corrected chi connectivity index (χ0v) is 28.4. The van der Waals surface area contributed by atoms with Gasteiger partial charge in [-0.2, -0.15) is 0 Å². The minimum Gasteiger partial charge on any atom is -0.339 e. The highest BCUT2D eigenvalue weighted by molar-refractivity contribution is 7.92. The molecule has 3 aromatic carbocycles. The average Bonchev–Trinajstić information content (AvgIpc) is 3.50. The van der Waals surface area contributed by atoms with Crippen LogP contribution in [0.2, 0.25) is 5.02 Å². The van der Waals surface area contributed by atoms with Crippen molar-refractivity contribution < 1.29 is 17.6 Å². The van der Waals surface area contributed by atoms with Crippen LogP contribution >= 0.6 is 11.6 Å². The molecule has 1 amide bonds. The highest BCUT2D eigenvalue weighted by atomic mass is 35.5. The van der Waals surface area contributed by atoms with Crippen molar-refractivity contribution in [3.63, 3.8) is 0 Å². The predicted octanol–water partition coefficient (Wildman–Crippen LogP) is 6.94. The number of likely N-dealkylation sites (tertiary alicyclic amines) is 1. The predicted molar refractivity (Wildman–Crippen MR) is 184 cm³/mol. The molecule has 248 valence electrons. The molecule has 7 rings (SSSR count). The van der Waals surface area contributed by atoms with Gasteiger partial charge in [0, 0.05) is 31.2 Å². The van der Waals surface area contributed by atoms with E-state index in [0.717, 1.165) is 49.0 Å². The minimum absolute atomic E-state index is 0.0858. The lowest BCUT2D eigenvalue weighted by Gasteiger charge is -2.45. The lowest BCUT2D eigenvalue weighted by atomic mass is 9.70. The number of amides is 1. The van der Waals surface area contributed by atoms with Crippen LogP contribution in [-0.2, 0) is 15.4 Å². The van der Waals surface area contributed by atoms with Crippen LogP contribution < -0.4 is 4.72 Å². The molecule has 3 aliphatic heterocycles. The number of nitrogens with one attached hydrogen (secondary N) is 1. The third-order valence-corrected chi connectivity index (χ3v) is 11.8. The molecule has 2 bridgehead atoms. The number of rotatable bonds is 8. The number of aryl methyl sites for hydroxylation is 1. The standard InChI is InChI=1S/C36H41ClFN5O3S/c1-24-39-31-10-3-4-12-33(31)43(24)29-22-27-13-14-28(23-29)42(27)20-17-36(25-7-5-8-26(38)21-25)15-18-41(19-16-36)35(44)30-9-6-11-32(34(30)37)40-47(2,45)46/h3-12,21,27-29,40H,13-20,22-23H2,1-2H3/t27-,28+,29+. The van der Waals surface area contributed by atoms with Gasteiger partial charge in [0.15, 0.2) is 0 Å². The number of anilines is 1. The van der Waals surface area contributed by atoms with Gasteiger partial charge in [0.05, 0.1) is 33.6 Å². The van der Waals surface area contributed by atoms with Gasteiger partial charge in [0.25, 0.3) is 5.91 Å². The summed E-state index contributed by atoms with van der Waals surface area (Å²) in [5.41, 5.74) is 3.44. The maximum Gasteiger partial charge on any atom is 0.255 e. The lowest BCUT2D eigenvalue weighted by molar-refractivity contribution is 0.0606. The zero-order chi connectivity index (χ0) is 32.9. The molecule has 3 fully saturated rings. The summed E-state index contributed by atoms with van der Waals surface area (Å²) in [7, 11) is -3.56. The van der Waals surface area contributed by atoms with E-state index in [1.165, 1.54) is 24.4 Å². The Balaban J connectivity index is 1.07. The van der Waals surface area contributed by atoms with Gasteiger partial charge >= 0.3 is 0 Å². The molecule has 0 unspecified atom stereocenters. The fourth-order valence-electron chi connectivity index (χ4n) is 8.58. The zero-order valence-electron chi connectivity index (χ0n) is 26.8. The van der Waals surface area contributed by atoms with Crippen LogP contribution in [0.1, 0.15) is 72.7 Å². The van der Waals surface area contributed by atoms with Gasteiger partial charge in [0.2, 0.25) is 10.0 Å². The quantitative estimate of drug-likeness (QED) is 0.218. The largest absolute Gasteiger partial charge is 0.339 e. The Morgan fingerprint density at radius 3 is 2.40 bits per heavy atom. The Labute approximate surface area is 281 Å². The number of piperidine rings is 2. The molecule has 0 spiro atoms. The maximum atomic E-state index is 14.6. The molecule has 47 heavy (non-hydrogen) atoms. The molecule has 3 aliphatic rings. The minimum atomic E-state index is -3.56. The number of sulfonamides is 1. The van der Waals surface area contributed by atoms with Gasteiger partial charge in [-0.3, -0.25) is 14.4 Å². The Morgan fingerprint density at radius 1 is 1.00 bits per heavy atom. The number of imidazole rings is 1. The van der Waals surface area contributed by atoms with Crippen molar-refractivity contribution in [1.29, 1.82) is 0 Å². The number of hydrogen-bond donors (Lipinski definition) is 1. The topological polar surface area (TPSA) is 87.5 Å². The summed E-state index contributed by atoms with van der Waals surface area (Å²) in [5, 5.41) is 0.0858. The maximum absolute atomic E-state index is 14.6. The molecule has 11 heteroatoms. The highest BCUT2D eigenvalue weighted by Crippen LogP contribution is 2.45. The van der Waals surface area contributed by atoms with Gasteiger partial charge in [0.1, 0.15) is 11.6 Å². The van der Waals surface area contributed by atoms with Crippen molar-refractivity contribution in [2.45, 2.75) is 75.4 Å². The van der Waals surface area contributed by atoms with E-state index in [1.54, 1.807) is 35.2 Å². The Hall–Kier alpha value is -3.47. The number of nitrogens with zero attached hydrogens (tertiary/aromatic N) is 4. The van der Waals surface area contributed by atoms with Crippen LogP contribution in [0.15, 0.2) is 66.7 Å². The Bertz CT molecular complexity index is 1910. The molecule has 1 aromatic heterocycles. The summed E-state index contributed by atoms with van der Waals surface area (Å²) < 4.78 is 43.1. The van der Waals surface area contributed by atoms with Gasteiger partial charge < -0.3 is 9.47 Å². The third-order valence-electron chi connectivity index (χ3n) is 10.8. The summed E-state index contributed by atoms with van der Waals surface area (Å²) in [6, 6.07) is 21.6. The van der Waals surface area contributed by atoms with Crippen LogP contribution in [-0.4, -0.2) is 71.6 Å². The lowest BCUT2D eigenvalue weighted by Crippen LogP contribution is -2.49. The molecule has 8 nitrogen and oxygen atoms in total. The van der Waals surface area contributed by atoms with Crippen LogP contribution in [0.4, 0.5) is 10.1 Å². The molecule has 0 saturated carbocycles. The molecule has 4 aromatic rings. The van der Waals surface area contributed by atoms with Gasteiger partial charge in [-0.1, -0.05) is 41.9 Å². The number of hydrogen-bond acceptors (Lipinski definition) is 5. The first kappa shape index (κ1) is 32.1. The van der Waals surface area contributed by atoms with Crippen molar-refractivity contribution in [2.75, 3.05) is 30.6 Å². The number of carbonyl (C=O) groups excluding carboxylic acids is 1. The molecule has 0 aliphatic carbocycles. The average molecular weight is 678 g/mol. The number of fused-ring (bicyclic) bond motifs is 3. The van der Waals surface area contributed by atoms with E-state index in [4.69, 9.17) is 16.6 Å². The fourth-order valence-corrected chi connectivity index (χ4v) is 9.46. The van der Waals surface area contributed by atoms with Crippen LogP contribution in [0.25, 0.3) is 11.0 Å². The summed E-state index contributed by atoms with van der Waals surface area (Å²) in [6.07, 6.45) is 7.91. The second kappa shape index (κ2) is 12.5. The van der Waals surface area contributed by atoms with E-state index in [1.807, 2.05) is 12.1 Å². The highest BCUT2D eigenvalue weighted by Gasteiger charge is 2.44. The number of benzene rings is 3.